The van der Waals surface area contributed by atoms with Gasteiger partial charge in [-0.2, -0.15) is 0 Å². The van der Waals surface area contributed by atoms with Crippen molar-refractivity contribution in [2.45, 2.75) is 19.4 Å². The predicted octanol–water partition coefficient (Wildman–Crippen LogP) is -0.779. The Bertz CT molecular complexity index is 406. The molecule has 2 rings (SSSR count). The molecule has 0 aromatic heterocycles. The second-order valence-electron chi connectivity index (χ2n) is 4.22. The Hall–Kier alpha value is 0.471. The molecular weight excluding hydrogens is 271 g/mol. The van der Waals surface area contributed by atoms with E-state index in [4.69, 9.17) is 9.47 Å². The average Bonchev–Trinajstić information content (AvgIpc) is 2.72. The van der Waals surface area contributed by atoms with E-state index in [1.165, 1.54) is 6.07 Å². The number of benzene rings is 1. The molecular formula is C11H13BF3KO2. The van der Waals surface area contributed by atoms with Crippen LogP contribution in [0.5, 0.6) is 5.75 Å². The zero-order chi connectivity index (χ0) is 12.5. The summed E-state index contributed by atoms with van der Waals surface area (Å²) in [6.07, 6.45) is 0.368. The van der Waals surface area contributed by atoms with Gasteiger partial charge in [0.05, 0.1) is 19.0 Å². The van der Waals surface area contributed by atoms with Crippen molar-refractivity contribution in [1.82, 2.24) is 0 Å². The van der Waals surface area contributed by atoms with Gasteiger partial charge < -0.3 is 22.4 Å². The normalized spacial score (nSPS) is 19.4. The molecule has 0 bridgehead atoms. The molecule has 0 aliphatic carbocycles. The Morgan fingerprint density at radius 3 is 2.61 bits per heavy atom. The summed E-state index contributed by atoms with van der Waals surface area (Å²) in [4.78, 5) is 0. The monoisotopic (exact) mass is 284 g/mol. The van der Waals surface area contributed by atoms with Crippen LogP contribution in [0.3, 0.4) is 0 Å². The molecule has 1 fully saturated rings. The second kappa shape index (κ2) is 6.76. The minimum atomic E-state index is -5.04. The number of rotatable bonds is 3. The van der Waals surface area contributed by atoms with E-state index < -0.39 is 12.4 Å². The third-order valence-electron chi connectivity index (χ3n) is 2.70. The SMILES string of the molecule is Cc1ccc(OC2CCOC2)c([B-](F)(F)F)c1.[K+]. The number of halogens is 3. The summed E-state index contributed by atoms with van der Waals surface area (Å²) >= 11 is 0. The Labute approximate surface area is 147 Å². The Kier molecular flexibility index (Phi) is 6.21. The van der Waals surface area contributed by atoms with E-state index in [0.29, 0.717) is 25.2 Å². The van der Waals surface area contributed by atoms with Gasteiger partial charge in [-0.05, 0) is 13.0 Å². The number of hydrogen-bond donors (Lipinski definition) is 0. The van der Waals surface area contributed by atoms with Crippen molar-refractivity contribution >= 4 is 12.4 Å². The fourth-order valence-corrected chi connectivity index (χ4v) is 1.82. The molecule has 1 aliphatic rings. The molecule has 7 heteroatoms. The van der Waals surface area contributed by atoms with Gasteiger partial charge in [0, 0.05) is 6.42 Å². The van der Waals surface area contributed by atoms with Crippen LogP contribution in [0.4, 0.5) is 12.9 Å². The standard InChI is InChI=1S/C11H13BF3O2.K/c1-8-2-3-11(10(6-8)12(13,14)15)17-9-4-5-16-7-9;/h2-3,6,9H,4-5,7H2,1H3;/q-1;+1. The second-order valence-corrected chi connectivity index (χ2v) is 4.22. The van der Waals surface area contributed by atoms with E-state index in [2.05, 4.69) is 0 Å². The molecule has 1 aromatic rings. The topological polar surface area (TPSA) is 18.5 Å². The molecule has 1 heterocycles. The summed E-state index contributed by atoms with van der Waals surface area (Å²) in [6, 6.07) is 4.14. The van der Waals surface area contributed by atoms with Gasteiger partial charge in [-0.15, -0.1) is 0 Å². The van der Waals surface area contributed by atoms with E-state index in [1.54, 1.807) is 13.0 Å². The summed E-state index contributed by atoms with van der Waals surface area (Å²) in [6.45, 7) is -2.51. The zero-order valence-electron chi connectivity index (χ0n) is 10.5. The molecule has 0 N–H and O–H groups in total. The van der Waals surface area contributed by atoms with Crippen molar-refractivity contribution in [3.8, 4) is 5.75 Å². The molecule has 0 spiro atoms. The molecule has 18 heavy (non-hydrogen) atoms. The van der Waals surface area contributed by atoms with Crippen LogP contribution >= 0.6 is 0 Å². The van der Waals surface area contributed by atoms with Gasteiger partial charge in [0.25, 0.3) is 0 Å². The largest absolute Gasteiger partial charge is 1.00 e. The summed E-state index contributed by atoms with van der Waals surface area (Å²) in [5.74, 6) is -0.0846. The minimum absolute atomic E-state index is 0. The van der Waals surface area contributed by atoms with E-state index in [9.17, 15) is 12.9 Å². The van der Waals surface area contributed by atoms with Crippen LogP contribution in [0, 0.1) is 6.92 Å². The van der Waals surface area contributed by atoms with Crippen LogP contribution in [-0.4, -0.2) is 26.3 Å². The number of aryl methyl sites for hydroxylation is 1. The molecule has 0 radical (unpaired) electrons. The number of hydrogen-bond acceptors (Lipinski definition) is 2. The molecule has 1 saturated heterocycles. The van der Waals surface area contributed by atoms with Crippen LogP contribution < -0.4 is 61.6 Å². The van der Waals surface area contributed by atoms with Gasteiger partial charge in [0.2, 0.25) is 0 Å². The van der Waals surface area contributed by atoms with Crippen molar-refractivity contribution in [3.63, 3.8) is 0 Å². The molecule has 0 amide bonds. The molecule has 2 nitrogen and oxygen atoms in total. The molecule has 1 atom stereocenters. The van der Waals surface area contributed by atoms with Crippen LogP contribution in [0.25, 0.3) is 0 Å². The maximum Gasteiger partial charge on any atom is 1.00 e. The van der Waals surface area contributed by atoms with Crippen LogP contribution in [0.15, 0.2) is 18.2 Å². The zero-order valence-corrected chi connectivity index (χ0v) is 13.6. The van der Waals surface area contributed by atoms with Gasteiger partial charge >= 0.3 is 58.4 Å². The molecule has 0 saturated carbocycles. The Morgan fingerprint density at radius 1 is 1.33 bits per heavy atom. The third-order valence-corrected chi connectivity index (χ3v) is 2.70. The van der Waals surface area contributed by atoms with E-state index >= 15 is 0 Å². The molecule has 1 aromatic carbocycles. The van der Waals surface area contributed by atoms with Gasteiger partial charge in [-0.25, -0.2) is 0 Å². The maximum atomic E-state index is 12.9. The van der Waals surface area contributed by atoms with Crippen molar-refractivity contribution in [2.75, 3.05) is 13.2 Å². The third kappa shape index (κ3) is 4.25. The summed E-state index contributed by atoms with van der Waals surface area (Å²) in [5, 5.41) is 0. The predicted molar refractivity (Wildman–Crippen MR) is 59.7 cm³/mol. The first kappa shape index (κ1) is 16.5. The average molecular weight is 284 g/mol. The smallest absolute Gasteiger partial charge is 0.491 e. The minimum Gasteiger partial charge on any atom is -0.491 e. The fourth-order valence-electron chi connectivity index (χ4n) is 1.82. The fraction of sp³-hybridized carbons (Fsp3) is 0.455. The molecule has 94 valence electrons. The van der Waals surface area contributed by atoms with E-state index in [1.807, 2.05) is 0 Å². The first-order valence-corrected chi connectivity index (χ1v) is 5.52. The Morgan fingerprint density at radius 2 is 2.06 bits per heavy atom. The quantitative estimate of drug-likeness (QED) is 0.678. The van der Waals surface area contributed by atoms with Crippen molar-refractivity contribution in [3.05, 3.63) is 23.8 Å². The molecule has 1 unspecified atom stereocenters. The van der Waals surface area contributed by atoms with Crippen LogP contribution in [-0.2, 0) is 4.74 Å². The summed E-state index contributed by atoms with van der Waals surface area (Å²) < 4.78 is 49.0. The Balaban J connectivity index is 0.00000162. The van der Waals surface area contributed by atoms with Crippen molar-refractivity contribution in [2.24, 2.45) is 0 Å². The first-order valence-electron chi connectivity index (χ1n) is 5.52. The first-order chi connectivity index (χ1) is 7.97. The van der Waals surface area contributed by atoms with E-state index in [-0.39, 0.29) is 63.2 Å². The van der Waals surface area contributed by atoms with Gasteiger partial charge in [0.15, 0.2) is 0 Å². The van der Waals surface area contributed by atoms with Crippen molar-refractivity contribution in [1.29, 1.82) is 0 Å². The summed E-state index contributed by atoms with van der Waals surface area (Å²) in [7, 11) is 0. The van der Waals surface area contributed by atoms with Crippen LogP contribution in [0.1, 0.15) is 12.0 Å². The van der Waals surface area contributed by atoms with Crippen molar-refractivity contribution < 1.29 is 73.8 Å². The summed E-state index contributed by atoms with van der Waals surface area (Å²) in [5.41, 5.74) is -0.0777. The van der Waals surface area contributed by atoms with E-state index in [0.717, 1.165) is 6.07 Å². The number of ether oxygens (including phenoxy) is 2. The van der Waals surface area contributed by atoms with Gasteiger partial charge in [-0.3, -0.25) is 0 Å². The van der Waals surface area contributed by atoms with Gasteiger partial charge in [0.1, 0.15) is 6.10 Å². The molecule has 1 aliphatic heterocycles. The maximum absolute atomic E-state index is 12.9. The van der Waals surface area contributed by atoms with Crippen LogP contribution in [0.2, 0.25) is 0 Å². The van der Waals surface area contributed by atoms with Gasteiger partial charge in [-0.1, -0.05) is 23.2 Å².